The van der Waals surface area contributed by atoms with Crippen molar-refractivity contribution >= 4 is 45.2 Å². The molecular formula is C34H31BrN6O4S. The van der Waals surface area contributed by atoms with Crippen LogP contribution in [0.25, 0.3) is 0 Å². The Morgan fingerprint density at radius 3 is 2.50 bits per heavy atom. The summed E-state index contributed by atoms with van der Waals surface area (Å²) >= 11 is 4.80. The van der Waals surface area contributed by atoms with Crippen molar-refractivity contribution < 1.29 is 18.7 Å². The van der Waals surface area contributed by atoms with Crippen LogP contribution >= 0.6 is 27.7 Å². The maximum absolute atomic E-state index is 13.8. The number of hydrazone groups is 1. The van der Waals surface area contributed by atoms with Crippen LogP contribution in [0.4, 0.5) is 0 Å². The number of methoxy groups -OCH3 is 1. The predicted octanol–water partition coefficient (Wildman–Crippen LogP) is 6.28. The zero-order valence-corrected chi connectivity index (χ0v) is 27.4. The van der Waals surface area contributed by atoms with Crippen LogP contribution in [-0.2, 0) is 24.3 Å². The van der Waals surface area contributed by atoms with Gasteiger partial charge in [0, 0.05) is 17.4 Å². The largest absolute Gasteiger partial charge is 0.497 e. The number of aromatic nitrogens is 3. The van der Waals surface area contributed by atoms with Crippen molar-refractivity contribution in [1.82, 2.24) is 25.1 Å². The first-order valence-electron chi connectivity index (χ1n) is 14.7. The predicted molar refractivity (Wildman–Crippen MR) is 179 cm³/mol. The van der Waals surface area contributed by atoms with Crippen molar-refractivity contribution in [3.8, 4) is 5.75 Å². The number of hydrogen-bond acceptors (Lipinski definition) is 8. The molecule has 12 heteroatoms. The molecule has 2 aromatic heterocycles. The highest BCUT2D eigenvalue weighted by Gasteiger charge is 2.33. The Morgan fingerprint density at radius 1 is 1.00 bits per heavy atom. The number of carbonyl (C=O) groups excluding carboxylic acids is 2. The van der Waals surface area contributed by atoms with E-state index in [-0.39, 0.29) is 35.9 Å². The Bertz CT molecular complexity index is 1810. The summed E-state index contributed by atoms with van der Waals surface area (Å²) in [6, 6.07) is 28.8. The van der Waals surface area contributed by atoms with Crippen LogP contribution in [0.1, 0.15) is 45.5 Å². The smallest absolute Gasteiger partial charge is 0.287 e. The molecule has 0 saturated carbocycles. The van der Waals surface area contributed by atoms with Crippen molar-refractivity contribution in [2.45, 2.75) is 37.1 Å². The molecule has 0 radical (unpaired) electrons. The molecule has 3 aromatic carbocycles. The van der Waals surface area contributed by atoms with Gasteiger partial charge < -0.3 is 19.0 Å². The van der Waals surface area contributed by atoms with Crippen LogP contribution < -0.4 is 10.1 Å². The fourth-order valence-electron chi connectivity index (χ4n) is 5.16. The first-order valence-corrected chi connectivity index (χ1v) is 16.5. The zero-order valence-electron chi connectivity index (χ0n) is 25.0. The normalized spacial score (nSPS) is 14.3. The molecule has 3 heterocycles. The summed E-state index contributed by atoms with van der Waals surface area (Å²) in [6.45, 7) is 0.728. The van der Waals surface area contributed by atoms with Gasteiger partial charge >= 0.3 is 0 Å². The first kappa shape index (κ1) is 31.3. The summed E-state index contributed by atoms with van der Waals surface area (Å²) in [6.07, 6.45) is 2.76. The molecule has 0 bridgehead atoms. The van der Waals surface area contributed by atoms with Crippen molar-refractivity contribution in [2.24, 2.45) is 5.10 Å². The summed E-state index contributed by atoms with van der Waals surface area (Å²) in [7, 11) is 1.63. The van der Waals surface area contributed by atoms with E-state index < -0.39 is 0 Å². The minimum Gasteiger partial charge on any atom is -0.497 e. The fourth-order valence-corrected chi connectivity index (χ4v) is 6.26. The van der Waals surface area contributed by atoms with Crippen molar-refractivity contribution in [2.75, 3.05) is 12.9 Å². The molecule has 0 spiro atoms. The fraction of sp³-hybridized carbons (Fsp3) is 0.206. The number of benzene rings is 3. The van der Waals surface area contributed by atoms with E-state index in [1.165, 1.54) is 18.0 Å². The molecule has 1 aliphatic heterocycles. The highest BCUT2D eigenvalue weighted by molar-refractivity contribution is 9.10. The third-order valence-corrected chi connectivity index (χ3v) is 9.06. The molecule has 1 N–H and O–H groups in total. The van der Waals surface area contributed by atoms with E-state index in [0.717, 1.165) is 39.0 Å². The van der Waals surface area contributed by atoms with Gasteiger partial charge in [-0.25, -0.2) is 5.01 Å². The summed E-state index contributed by atoms with van der Waals surface area (Å²) in [5, 5.41) is 18.6. The van der Waals surface area contributed by atoms with Gasteiger partial charge in [0.1, 0.15) is 5.75 Å². The Hall–Kier alpha value is -4.68. The quantitative estimate of drug-likeness (QED) is 0.152. The molecule has 1 atom stereocenters. The van der Waals surface area contributed by atoms with E-state index in [0.29, 0.717) is 23.9 Å². The van der Waals surface area contributed by atoms with E-state index >= 15 is 0 Å². The molecule has 6 rings (SSSR count). The Morgan fingerprint density at radius 2 is 1.78 bits per heavy atom. The average Bonchev–Trinajstić information content (AvgIpc) is 3.87. The number of nitrogens with zero attached hydrogens (tertiary/aromatic N) is 5. The van der Waals surface area contributed by atoms with Crippen LogP contribution in [-0.4, -0.2) is 50.2 Å². The number of carbonyl (C=O) groups is 2. The van der Waals surface area contributed by atoms with Crippen LogP contribution in [0.15, 0.2) is 116 Å². The SMILES string of the molecule is COc1ccc([C@@H]2CC(c3ccc(Br)cc3)=NN2C(=O)CSc2nnc(CNC(=O)c3ccco3)n2CCc2ccccc2)cc1. The lowest BCUT2D eigenvalue weighted by atomic mass is 9.98. The number of furan rings is 1. The first-order chi connectivity index (χ1) is 22.5. The third-order valence-electron chi connectivity index (χ3n) is 7.58. The molecule has 234 valence electrons. The topological polar surface area (TPSA) is 115 Å². The Labute approximate surface area is 279 Å². The maximum atomic E-state index is 13.8. The van der Waals surface area contributed by atoms with E-state index in [9.17, 15) is 9.59 Å². The standard InChI is InChI=1S/C34H31BrN6O4S/c1-44-27-15-11-25(12-16-27)29-20-28(24-9-13-26(35)14-10-24)39-41(29)32(42)22-46-34-38-37-31(21-36-33(43)30-8-5-19-45-30)40(34)18-17-23-6-3-2-4-7-23/h2-16,19,29H,17-18,20-22H2,1H3,(H,36,43)/t29-/m0/s1. The van der Waals surface area contributed by atoms with Crippen molar-refractivity contribution in [3.05, 3.63) is 130 Å². The molecule has 10 nitrogen and oxygen atoms in total. The number of halogens is 1. The van der Waals surface area contributed by atoms with Crippen molar-refractivity contribution in [1.29, 1.82) is 0 Å². The number of amides is 2. The number of ether oxygens (including phenoxy) is 1. The Kier molecular flexibility index (Phi) is 9.94. The van der Waals surface area contributed by atoms with E-state index in [1.54, 1.807) is 24.3 Å². The van der Waals surface area contributed by atoms with Crippen LogP contribution in [0.3, 0.4) is 0 Å². The van der Waals surface area contributed by atoms with E-state index in [4.69, 9.17) is 14.3 Å². The lowest BCUT2D eigenvalue weighted by Gasteiger charge is -2.22. The number of rotatable bonds is 12. The maximum Gasteiger partial charge on any atom is 0.287 e. The molecule has 0 saturated heterocycles. The summed E-state index contributed by atoms with van der Waals surface area (Å²) in [5.74, 6) is 1.16. The molecule has 0 fully saturated rings. The molecule has 0 aliphatic carbocycles. The van der Waals surface area contributed by atoms with Gasteiger partial charge in [-0.3, -0.25) is 9.59 Å². The molecular weight excluding hydrogens is 668 g/mol. The van der Waals surface area contributed by atoms with Crippen LogP contribution in [0, 0.1) is 0 Å². The van der Waals surface area contributed by atoms with E-state index in [2.05, 4.69) is 43.6 Å². The highest BCUT2D eigenvalue weighted by Crippen LogP contribution is 2.35. The monoisotopic (exact) mass is 698 g/mol. The molecule has 46 heavy (non-hydrogen) atoms. The number of nitrogens with one attached hydrogen (secondary N) is 1. The second-order valence-electron chi connectivity index (χ2n) is 10.5. The molecule has 2 amide bonds. The van der Waals surface area contributed by atoms with Crippen LogP contribution in [0.2, 0.25) is 0 Å². The van der Waals surface area contributed by atoms with E-state index in [1.807, 2.05) is 71.3 Å². The lowest BCUT2D eigenvalue weighted by molar-refractivity contribution is -0.130. The minimum atomic E-state index is -0.343. The van der Waals surface area contributed by atoms with Gasteiger partial charge in [0.2, 0.25) is 0 Å². The van der Waals surface area contributed by atoms with Gasteiger partial charge in [-0.05, 0) is 59.5 Å². The summed E-state index contributed by atoms with van der Waals surface area (Å²) in [4.78, 5) is 26.4. The van der Waals surface area contributed by atoms with Crippen molar-refractivity contribution in [3.63, 3.8) is 0 Å². The third kappa shape index (κ3) is 7.40. The van der Waals surface area contributed by atoms with Gasteiger partial charge in [-0.15, -0.1) is 10.2 Å². The number of aryl methyl sites for hydroxylation is 1. The zero-order chi connectivity index (χ0) is 31.9. The molecule has 0 unspecified atom stereocenters. The summed E-state index contributed by atoms with van der Waals surface area (Å²) < 4.78 is 13.5. The van der Waals surface area contributed by atoms with Gasteiger partial charge in [-0.2, -0.15) is 5.10 Å². The second-order valence-corrected chi connectivity index (χ2v) is 12.4. The lowest BCUT2D eigenvalue weighted by Crippen LogP contribution is -2.28. The number of hydrogen-bond donors (Lipinski definition) is 1. The number of thioether (sulfide) groups is 1. The molecule has 5 aromatic rings. The highest BCUT2D eigenvalue weighted by atomic mass is 79.9. The van der Waals surface area contributed by atoms with Crippen LogP contribution in [0.5, 0.6) is 5.75 Å². The minimum absolute atomic E-state index is 0.103. The van der Waals surface area contributed by atoms with Gasteiger partial charge in [0.15, 0.2) is 16.7 Å². The average molecular weight is 700 g/mol. The molecule has 1 aliphatic rings. The summed E-state index contributed by atoms with van der Waals surface area (Å²) in [5.41, 5.74) is 3.93. The van der Waals surface area contributed by atoms with Gasteiger partial charge in [-0.1, -0.05) is 82.3 Å². The van der Waals surface area contributed by atoms with Gasteiger partial charge in [0.25, 0.3) is 11.8 Å². The second kappa shape index (κ2) is 14.6. The van der Waals surface area contributed by atoms with Gasteiger partial charge in [0.05, 0.1) is 37.4 Å². The Balaban J connectivity index is 1.21.